The first-order valence-corrected chi connectivity index (χ1v) is 7.71. The quantitative estimate of drug-likeness (QED) is 0.592. The highest BCUT2D eigenvalue weighted by Crippen LogP contribution is 2.23. The summed E-state index contributed by atoms with van der Waals surface area (Å²) in [6.07, 6.45) is 7.99. The summed E-state index contributed by atoms with van der Waals surface area (Å²) in [6, 6.07) is -0.391. The maximum absolute atomic E-state index is 10.9. The number of rotatable bonds is 10. The van der Waals surface area contributed by atoms with Gasteiger partial charge >= 0.3 is 0 Å². The molecule has 2 unspecified atom stereocenters. The fraction of sp³-hybridized carbons (Fsp3) is 0.846. The van der Waals surface area contributed by atoms with E-state index in [0.717, 1.165) is 12.2 Å². The van der Waals surface area contributed by atoms with Crippen molar-refractivity contribution in [3.05, 3.63) is 0 Å². The van der Waals surface area contributed by atoms with E-state index in [-0.39, 0.29) is 18.7 Å². The third-order valence-electron chi connectivity index (χ3n) is 2.96. The zero-order chi connectivity index (χ0) is 13.2. The van der Waals surface area contributed by atoms with Gasteiger partial charge in [-0.3, -0.25) is 9.79 Å². The number of carbonyl (C=O) groups excluding carboxylic acids is 1. The highest BCUT2D eigenvalue weighted by molar-refractivity contribution is 8.14. The summed E-state index contributed by atoms with van der Waals surface area (Å²) in [5, 5.41) is 12.9. The average Bonchev–Trinajstić information content (AvgIpc) is 2.84. The fourth-order valence-electron chi connectivity index (χ4n) is 1.93. The molecule has 1 heterocycles. The molecule has 0 fully saturated rings. The standard InChI is InChI=1S/C13H23N2O2S/c1-2-3-4-5-6-13-15-12(10-18-13)11(9-17)14-7-8-16/h11-12,14,16H,2-8,10H2,1H3. The molecule has 1 aliphatic rings. The Morgan fingerprint density at radius 2 is 2.39 bits per heavy atom. The Morgan fingerprint density at radius 3 is 3.06 bits per heavy atom. The zero-order valence-electron chi connectivity index (χ0n) is 11.0. The van der Waals surface area contributed by atoms with E-state index >= 15 is 0 Å². The molecule has 18 heavy (non-hydrogen) atoms. The summed E-state index contributed by atoms with van der Waals surface area (Å²) >= 11 is 1.75. The number of nitrogens with one attached hydrogen (secondary N) is 1. The van der Waals surface area contributed by atoms with E-state index in [1.807, 2.05) is 6.29 Å². The predicted molar refractivity (Wildman–Crippen MR) is 77.0 cm³/mol. The molecule has 0 spiro atoms. The lowest BCUT2D eigenvalue weighted by molar-refractivity contribution is 0.287. The third kappa shape index (κ3) is 5.50. The number of aliphatic hydroxyl groups excluding tert-OH is 1. The van der Waals surface area contributed by atoms with Gasteiger partial charge in [-0.15, -0.1) is 11.8 Å². The van der Waals surface area contributed by atoms with Gasteiger partial charge in [-0.25, -0.2) is 0 Å². The normalized spacial score (nSPS) is 20.8. The Kier molecular flexibility index (Phi) is 8.29. The van der Waals surface area contributed by atoms with Crippen LogP contribution in [-0.2, 0) is 4.79 Å². The zero-order valence-corrected chi connectivity index (χ0v) is 11.8. The van der Waals surface area contributed by atoms with Crippen molar-refractivity contribution < 1.29 is 9.90 Å². The minimum Gasteiger partial charge on any atom is -0.395 e. The molecule has 1 radical (unpaired) electrons. The third-order valence-corrected chi connectivity index (χ3v) is 4.11. The van der Waals surface area contributed by atoms with Crippen LogP contribution in [0.2, 0.25) is 0 Å². The molecule has 2 atom stereocenters. The van der Waals surface area contributed by atoms with Crippen LogP contribution in [0.4, 0.5) is 0 Å². The first-order valence-electron chi connectivity index (χ1n) is 6.73. The molecular weight excluding hydrogens is 248 g/mol. The molecule has 1 aliphatic heterocycles. The number of hydrogen-bond donors (Lipinski definition) is 2. The van der Waals surface area contributed by atoms with E-state index < -0.39 is 0 Å². The van der Waals surface area contributed by atoms with Crippen LogP contribution in [0.1, 0.15) is 39.0 Å². The van der Waals surface area contributed by atoms with Crippen molar-refractivity contribution in [1.29, 1.82) is 0 Å². The van der Waals surface area contributed by atoms with Gasteiger partial charge in [0.2, 0.25) is 6.29 Å². The number of aliphatic hydroxyl groups is 1. The number of hydrogen-bond acceptors (Lipinski definition) is 5. The van der Waals surface area contributed by atoms with Crippen LogP contribution < -0.4 is 5.32 Å². The molecule has 0 aromatic heterocycles. The minimum atomic E-state index is -0.377. The van der Waals surface area contributed by atoms with Gasteiger partial charge in [0.05, 0.1) is 23.7 Å². The summed E-state index contributed by atoms with van der Waals surface area (Å²) in [5.41, 5.74) is 0. The molecule has 0 aromatic rings. The summed E-state index contributed by atoms with van der Waals surface area (Å²) < 4.78 is 0. The van der Waals surface area contributed by atoms with Crippen molar-refractivity contribution in [2.24, 2.45) is 4.99 Å². The lowest BCUT2D eigenvalue weighted by atomic mass is 10.1. The first-order chi connectivity index (χ1) is 8.81. The van der Waals surface area contributed by atoms with Gasteiger partial charge in [-0.1, -0.05) is 26.2 Å². The van der Waals surface area contributed by atoms with Gasteiger partial charge in [0.1, 0.15) is 0 Å². The Labute approximate surface area is 114 Å². The van der Waals surface area contributed by atoms with Crippen molar-refractivity contribution in [3.63, 3.8) is 0 Å². The smallest absolute Gasteiger partial charge is 0.219 e. The largest absolute Gasteiger partial charge is 0.395 e. The van der Waals surface area contributed by atoms with E-state index in [0.29, 0.717) is 6.54 Å². The number of aliphatic imine (C=N–C) groups is 1. The minimum absolute atomic E-state index is 0.0137. The van der Waals surface area contributed by atoms with Crippen molar-refractivity contribution >= 4 is 23.1 Å². The van der Waals surface area contributed by atoms with Crippen molar-refractivity contribution in [2.45, 2.75) is 51.1 Å². The molecule has 4 nitrogen and oxygen atoms in total. The van der Waals surface area contributed by atoms with E-state index in [4.69, 9.17) is 5.11 Å². The van der Waals surface area contributed by atoms with E-state index in [9.17, 15) is 4.79 Å². The molecule has 0 saturated heterocycles. The summed E-state index contributed by atoms with van der Waals surface area (Å²) in [7, 11) is 0. The monoisotopic (exact) mass is 271 g/mol. The fourth-order valence-corrected chi connectivity index (χ4v) is 3.06. The topological polar surface area (TPSA) is 61.7 Å². The summed E-state index contributed by atoms with van der Waals surface area (Å²) in [5.74, 6) is 0.849. The highest BCUT2D eigenvalue weighted by atomic mass is 32.2. The molecule has 1 rings (SSSR count). The molecule has 0 saturated carbocycles. The number of nitrogens with zero attached hydrogens (tertiary/aromatic N) is 1. The van der Waals surface area contributed by atoms with Crippen LogP contribution in [0.5, 0.6) is 0 Å². The van der Waals surface area contributed by atoms with Crippen LogP contribution in [0.25, 0.3) is 0 Å². The van der Waals surface area contributed by atoms with Crippen LogP contribution in [0.15, 0.2) is 4.99 Å². The van der Waals surface area contributed by atoms with Gasteiger partial charge in [0.15, 0.2) is 0 Å². The average molecular weight is 271 g/mol. The second-order valence-electron chi connectivity index (χ2n) is 4.49. The van der Waals surface area contributed by atoms with Gasteiger partial charge in [0.25, 0.3) is 0 Å². The number of unbranched alkanes of at least 4 members (excludes halogenated alkanes) is 3. The van der Waals surface area contributed by atoms with Crippen molar-refractivity contribution in [2.75, 3.05) is 18.9 Å². The van der Waals surface area contributed by atoms with Crippen LogP contribution in [0, 0.1) is 0 Å². The van der Waals surface area contributed by atoms with Gasteiger partial charge in [0, 0.05) is 12.3 Å². The molecule has 5 heteroatoms. The second kappa shape index (κ2) is 9.53. The van der Waals surface area contributed by atoms with Crippen LogP contribution >= 0.6 is 11.8 Å². The van der Waals surface area contributed by atoms with Gasteiger partial charge in [-0.05, 0) is 12.8 Å². The number of thioether (sulfide) groups is 1. The Balaban J connectivity index is 2.31. The van der Waals surface area contributed by atoms with E-state index in [1.165, 1.54) is 30.7 Å². The van der Waals surface area contributed by atoms with Gasteiger partial charge in [-0.2, -0.15) is 0 Å². The van der Waals surface area contributed by atoms with Crippen LogP contribution in [-0.4, -0.2) is 47.4 Å². The maximum atomic E-state index is 10.9. The maximum Gasteiger partial charge on any atom is 0.219 e. The Morgan fingerprint density at radius 1 is 1.56 bits per heavy atom. The molecule has 0 aromatic carbocycles. The second-order valence-corrected chi connectivity index (χ2v) is 5.58. The highest BCUT2D eigenvalue weighted by Gasteiger charge is 2.26. The molecule has 103 valence electrons. The Bertz CT molecular complexity index is 272. The summed E-state index contributed by atoms with van der Waals surface area (Å²) in [6.45, 7) is 2.66. The molecule has 0 aliphatic carbocycles. The first kappa shape index (κ1) is 15.7. The van der Waals surface area contributed by atoms with Crippen LogP contribution in [0.3, 0.4) is 0 Å². The van der Waals surface area contributed by atoms with Crippen molar-refractivity contribution in [3.8, 4) is 0 Å². The van der Waals surface area contributed by atoms with Gasteiger partial charge < -0.3 is 10.4 Å². The molecule has 2 N–H and O–H groups in total. The molecular formula is C13H23N2O2S. The Hall–Kier alpha value is -0.390. The van der Waals surface area contributed by atoms with E-state index in [1.54, 1.807) is 11.8 Å². The predicted octanol–water partition coefficient (Wildman–Crippen LogP) is 1.53. The lowest BCUT2D eigenvalue weighted by Crippen LogP contribution is -2.41. The molecule has 0 amide bonds. The summed E-state index contributed by atoms with van der Waals surface area (Å²) in [4.78, 5) is 15.4. The SMILES string of the molecule is CCCCCCC1=NC(C([C]=O)NCCO)CS1. The van der Waals surface area contributed by atoms with E-state index in [2.05, 4.69) is 17.2 Å². The lowest BCUT2D eigenvalue weighted by Gasteiger charge is -2.14. The molecule has 0 bridgehead atoms. The van der Waals surface area contributed by atoms with Crippen molar-refractivity contribution in [1.82, 2.24) is 5.32 Å².